The highest BCUT2D eigenvalue weighted by molar-refractivity contribution is 7.24. The summed E-state index contributed by atoms with van der Waals surface area (Å²) in [5.41, 5.74) is 2.67. The molecule has 2 heterocycles. The summed E-state index contributed by atoms with van der Waals surface area (Å²) in [6.45, 7) is 7.87. The summed E-state index contributed by atoms with van der Waals surface area (Å²) in [7, 11) is 0. The standard InChI is InChI=1S/C25H25Cl3N6OS/c1-3-34(4-2)14-13-29-24-21-20(19(27)22(28)36-21)32-23(33-24)15-5-9-17(10-6-15)30-25(35)31-18-11-7-16(26)8-12-18/h5-12H,3-4,13-14H2,1-2H3,(H,29,32,33)(H2,30,31,35). The lowest BCUT2D eigenvalue weighted by Crippen LogP contribution is -2.28. The Balaban J connectivity index is 1.52. The summed E-state index contributed by atoms with van der Waals surface area (Å²) >= 11 is 20.0. The lowest BCUT2D eigenvalue weighted by Gasteiger charge is -2.18. The molecule has 0 aliphatic heterocycles. The maximum atomic E-state index is 12.3. The van der Waals surface area contributed by atoms with Crippen LogP contribution in [0.15, 0.2) is 48.5 Å². The van der Waals surface area contributed by atoms with Crippen molar-refractivity contribution in [2.75, 3.05) is 42.1 Å². The third-order valence-electron chi connectivity index (χ3n) is 5.56. The number of anilines is 3. The maximum Gasteiger partial charge on any atom is 0.323 e. The van der Waals surface area contributed by atoms with Gasteiger partial charge in [-0.05, 0) is 61.6 Å². The maximum absolute atomic E-state index is 12.3. The van der Waals surface area contributed by atoms with Crippen LogP contribution in [0.1, 0.15) is 13.8 Å². The van der Waals surface area contributed by atoms with Gasteiger partial charge in [0.2, 0.25) is 0 Å². The Morgan fingerprint density at radius 2 is 1.53 bits per heavy atom. The van der Waals surface area contributed by atoms with E-state index in [-0.39, 0.29) is 6.03 Å². The van der Waals surface area contributed by atoms with Crippen molar-refractivity contribution in [1.29, 1.82) is 0 Å². The fourth-order valence-electron chi connectivity index (χ4n) is 3.57. The number of aromatic nitrogens is 2. The van der Waals surface area contributed by atoms with E-state index >= 15 is 0 Å². The van der Waals surface area contributed by atoms with Gasteiger partial charge in [-0.3, -0.25) is 0 Å². The first-order valence-corrected chi connectivity index (χ1v) is 13.4. The normalized spacial score (nSPS) is 11.2. The van der Waals surface area contributed by atoms with Gasteiger partial charge in [0.05, 0.1) is 9.72 Å². The molecule has 3 N–H and O–H groups in total. The van der Waals surface area contributed by atoms with Crippen LogP contribution in [0.25, 0.3) is 21.6 Å². The zero-order chi connectivity index (χ0) is 25.7. The Kier molecular flexibility index (Phi) is 8.87. The summed E-state index contributed by atoms with van der Waals surface area (Å²) in [5.74, 6) is 1.21. The molecule has 2 amide bonds. The van der Waals surface area contributed by atoms with E-state index in [2.05, 4.69) is 39.7 Å². The zero-order valence-electron chi connectivity index (χ0n) is 19.7. The topological polar surface area (TPSA) is 82.2 Å². The number of carbonyl (C=O) groups excluding carboxylic acids is 1. The van der Waals surface area contributed by atoms with Crippen LogP contribution in [0, 0.1) is 0 Å². The molecule has 0 bridgehead atoms. The van der Waals surface area contributed by atoms with Gasteiger partial charge >= 0.3 is 6.03 Å². The first-order chi connectivity index (χ1) is 17.4. The molecular weight excluding hydrogens is 539 g/mol. The average Bonchev–Trinajstić information content (AvgIpc) is 3.17. The van der Waals surface area contributed by atoms with Crippen molar-refractivity contribution in [1.82, 2.24) is 14.9 Å². The van der Waals surface area contributed by atoms with E-state index in [0.717, 1.165) is 36.4 Å². The van der Waals surface area contributed by atoms with Gasteiger partial charge in [-0.15, -0.1) is 11.3 Å². The fourth-order valence-corrected chi connectivity index (χ4v) is 5.15. The van der Waals surface area contributed by atoms with E-state index in [1.54, 1.807) is 36.4 Å². The van der Waals surface area contributed by atoms with Gasteiger partial charge in [-0.2, -0.15) is 0 Å². The van der Waals surface area contributed by atoms with Gasteiger partial charge in [-0.1, -0.05) is 48.7 Å². The summed E-state index contributed by atoms with van der Waals surface area (Å²) in [4.78, 5) is 24.1. The number of hydrogen-bond acceptors (Lipinski definition) is 6. The molecule has 0 saturated heterocycles. The number of benzene rings is 2. The smallest absolute Gasteiger partial charge is 0.323 e. The Morgan fingerprint density at radius 3 is 2.14 bits per heavy atom. The predicted octanol–water partition coefficient (Wildman–Crippen LogP) is 7.72. The third-order valence-corrected chi connectivity index (χ3v) is 7.78. The molecule has 0 aliphatic carbocycles. The van der Waals surface area contributed by atoms with Crippen molar-refractivity contribution in [3.05, 3.63) is 62.9 Å². The minimum absolute atomic E-state index is 0.359. The molecule has 0 spiro atoms. The van der Waals surface area contributed by atoms with Crippen LogP contribution < -0.4 is 16.0 Å². The van der Waals surface area contributed by atoms with E-state index in [0.29, 0.717) is 42.9 Å². The Bertz CT molecular complexity index is 1340. The Labute approximate surface area is 228 Å². The average molecular weight is 564 g/mol. The quantitative estimate of drug-likeness (QED) is 0.194. The molecular formula is C25H25Cl3N6OS. The number of amides is 2. The van der Waals surface area contributed by atoms with Gasteiger partial charge < -0.3 is 20.9 Å². The molecule has 4 aromatic rings. The number of halogens is 3. The van der Waals surface area contributed by atoms with Gasteiger partial charge in [0.1, 0.15) is 15.7 Å². The molecule has 0 unspecified atom stereocenters. The van der Waals surface area contributed by atoms with Gasteiger partial charge in [0.15, 0.2) is 5.82 Å². The van der Waals surface area contributed by atoms with Crippen LogP contribution in [0.5, 0.6) is 0 Å². The predicted molar refractivity (Wildman–Crippen MR) is 153 cm³/mol. The fraction of sp³-hybridized carbons (Fsp3) is 0.240. The number of nitrogens with one attached hydrogen (secondary N) is 3. The molecule has 4 rings (SSSR count). The van der Waals surface area contributed by atoms with E-state index < -0.39 is 0 Å². The number of carbonyl (C=O) groups is 1. The van der Waals surface area contributed by atoms with Crippen molar-refractivity contribution < 1.29 is 4.79 Å². The second-order valence-corrected chi connectivity index (χ2v) is 10.3. The second-order valence-electron chi connectivity index (χ2n) is 7.88. The lowest BCUT2D eigenvalue weighted by atomic mass is 10.2. The highest BCUT2D eigenvalue weighted by atomic mass is 35.5. The molecule has 0 aliphatic rings. The Hall–Kier alpha value is -2.62. The zero-order valence-corrected chi connectivity index (χ0v) is 22.8. The van der Waals surface area contributed by atoms with Crippen LogP contribution in [-0.2, 0) is 0 Å². The molecule has 36 heavy (non-hydrogen) atoms. The lowest BCUT2D eigenvalue weighted by molar-refractivity contribution is 0.262. The SMILES string of the molecule is CCN(CC)CCNc1nc(-c2ccc(NC(=O)Nc3ccc(Cl)cc3)cc2)nc2c(Cl)c(Cl)sc12. The van der Waals surface area contributed by atoms with Crippen LogP contribution in [-0.4, -0.2) is 47.1 Å². The van der Waals surface area contributed by atoms with Crippen molar-refractivity contribution in [3.63, 3.8) is 0 Å². The number of fused-ring (bicyclic) bond motifs is 1. The first-order valence-electron chi connectivity index (χ1n) is 11.4. The highest BCUT2D eigenvalue weighted by Crippen LogP contribution is 2.41. The number of thiophene rings is 1. The van der Waals surface area contributed by atoms with Crippen molar-refractivity contribution in [3.8, 4) is 11.4 Å². The number of nitrogens with zero attached hydrogens (tertiary/aromatic N) is 3. The molecule has 0 saturated carbocycles. The Morgan fingerprint density at radius 1 is 0.917 bits per heavy atom. The van der Waals surface area contributed by atoms with E-state index in [1.165, 1.54) is 11.3 Å². The molecule has 0 atom stereocenters. The molecule has 11 heteroatoms. The molecule has 188 valence electrons. The number of rotatable bonds is 9. The summed E-state index contributed by atoms with van der Waals surface area (Å²) in [6, 6.07) is 13.8. The van der Waals surface area contributed by atoms with Gasteiger partial charge in [0, 0.05) is 35.1 Å². The summed E-state index contributed by atoms with van der Waals surface area (Å²) in [5, 5.41) is 10.0. The first kappa shape index (κ1) is 26.4. The second kappa shape index (κ2) is 12.1. The minimum atomic E-state index is -0.359. The van der Waals surface area contributed by atoms with Crippen LogP contribution in [0.4, 0.5) is 22.0 Å². The molecule has 0 fully saturated rings. The van der Waals surface area contributed by atoms with Crippen LogP contribution in [0.2, 0.25) is 14.4 Å². The third kappa shape index (κ3) is 6.38. The highest BCUT2D eigenvalue weighted by Gasteiger charge is 2.17. The molecule has 7 nitrogen and oxygen atoms in total. The van der Waals surface area contributed by atoms with Gasteiger partial charge in [0.25, 0.3) is 0 Å². The minimum Gasteiger partial charge on any atom is -0.367 e. The number of hydrogen-bond donors (Lipinski definition) is 3. The summed E-state index contributed by atoms with van der Waals surface area (Å²) in [6.07, 6.45) is 0. The van der Waals surface area contributed by atoms with Gasteiger partial charge in [-0.25, -0.2) is 14.8 Å². The monoisotopic (exact) mass is 562 g/mol. The largest absolute Gasteiger partial charge is 0.367 e. The number of likely N-dealkylation sites (N-methyl/N-ethyl adjacent to an activating group) is 1. The van der Waals surface area contributed by atoms with Crippen molar-refractivity contribution in [2.45, 2.75) is 13.8 Å². The summed E-state index contributed by atoms with van der Waals surface area (Å²) < 4.78 is 1.31. The van der Waals surface area contributed by atoms with E-state index in [4.69, 9.17) is 39.8 Å². The van der Waals surface area contributed by atoms with Crippen molar-refractivity contribution >= 4 is 79.6 Å². The molecule has 2 aromatic carbocycles. The van der Waals surface area contributed by atoms with Crippen LogP contribution >= 0.6 is 46.1 Å². The molecule has 0 radical (unpaired) electrons. The van der Waals surface area contributed by atoms with Crippen LogP contribution in [0.3, 0.4) is 0 Å². The number of urea groups is 1. The van der Waals surface area contributed by atoms with Crippen molar-refractivity contribution in [2.24, 2.45) is 0 Å². The van der Waals surface area contributed by atoms with E-state index in [1.807, 2.05) is 12.1 Å². The molecule has 2 aromatic heterocycles. The van der Waals surface area contributed by atoms with E-state index in [9.17, 15) is 4.79 Å².